The topological polar surface area (TPSA) is 51.1 Å². The molecule has 0 fully saturated rings. The molecular formula is C32H31ClF2N2O2S. The van der Waals surface area contributed by atoms with Gasteiger partial charge >= 0.3 is 0 Å². The fourth-order valence-electron chi connectivity index (χ4n) is 4.79. The first-order valence-electron chi connectivity index (χ1n) is 12.9. The Bertz CT molecular complexity index is 1560. The van der Waals surface area contributed by atoms with Crippen molar-refractivity contribution in [2.75, 3.05) is 12.0 Å². The Morgan fingerprint density at radius 2 is 1.65 bits per heavy atom. The number of nitrogens with one attached hydrogen (secondary N) is 1. The third-order valence-electron chi connectivity index (χ3n) is 6.97. The number of halogens is 3. The summed E-state index contributed by atoms with van der Waals surface area (Å²) in [5, 5.41) is 3.56. The highest BCUT2D eigenvalue weighted by molar-refractivity contribution is 7.98. The van der Waals surface area contributed by atoms with Crippen LogP contribution in [0.4, 0.5) is 8.78 Å². The molecule has 0 spiro atoms. The lowest BCUT2D eigenvalue weighted by Gasteiger charge is -2.19. The Kier molecular flexibility index (Phi) is 9.16. The average molecular weight is 581 g/mol. The molecule has 1 unspecified atom stereocenters. The summed E-state index contributed by atoms with van der Waals surface area (Å²) in [6.07, 6.45) is 3.42. The summed E-state index contributed by atoms with van der Waals surface area (Å²) >= 11 is 7.75. The van der Waals surface area contributed by atoms with Gasteiger partial charge < -0.3 is 9.88 Å². The highest BCUT2D eigenvalue weighted by Gasteiger charge is 2.30. The van der Waals surface area contributed by atoms with Crippen molar-refractivity contribution >= 4 is 35.1 Å². The van der Waals surface area contributed by atoms with Gasteiger partial charge in [0.25, 0.3) is 5.91 Å². The Morgan fingerprint density at radius 1 is 0.975 bits per heavy atom. The second-order valence-electron chi connectivity index (χ2n) is 10.0. The lowest BCUT2D eigenvalue weighted by Crippen LogP contribution is -2.30. The Morgan fingerprint density at radius 3 is 2.27 bits per heavy atom. The van der Waals surface area contributed by atoms with Gasteiger partial charge in [0.05, 0.1) is 17.3 Å². The molecule has 0 saturated carbocycles. The van der Waals surface area contributed by atoms with E-state index >= 15 is 4.39 Å². The van der Waals surface area contributed by atoms with E-state index in [9.17, 15) is 14.0 Å². The molecule has 1 N–H and O–H groups in total. The van der Waals surface area contributed by atoms with Gasteiger partial charge in [0.1, 0.15) is 11.6 Å². The predicted octanol–water partition coefficient (Wildman–Crippen LogP) is 8.12. The summed E-state index contributed by atoms with van der Waals surface area (Å²) in [4.78, 5) is 27.7. The van der Waals surface area contributed by atoms with Crippen LogP contribution in [0.1, 0.15) is 68.9 Å². The van der Waals surface area contributed by atoms with E-state index in [4.69, 9.17) is 11.6 Å². The van der Waals surface area contributed by atoms with Crippen molar-refractivity contribution in [2.45, 2.75) is 32.7 Å². The van der Waals surface area contributed by atoms with Crippen LogP contribution in [0.25, 0.3) is 11.1 Å². The van der Waals surface area contributed by atoms with E-state index in [0.29, 0.717) is 16.3 Å². The van der Waals surface area contributed by atoms with Crippen LogP contribution in [0.5, 0.6) is 0 Å². The summed E-state index contributed by atoms with van der Waals surface area (Å²) in [5.74, 6) is -1.44. The molecule has 0 saturated heterocycles. The van der Waals surface area contributed by atoms with E-state index in [1.54, 1.807) is 49.1 Å². The van der Waals surface area contributed by atoms with Crippen LogP contribution in [0.15, 0.2) is 66.9 Å². The lowest BCUT2D eigenvalue weighted by molar-refractivity contribution is 0.0941. The molecule has 208 valence electrons. The number of aryl methyl sites for hydroxylation is 1. The smallest absolute Gasteiger partial charge is 0.253 e. The van der Waals surface area contributed by atoms with Crippen LogP contribution < -0.4 is 5.32 Å². The molecule has 4 nitrogen and oxygen atoms in total. The van der Waals surface area contributed by atoms with E-state index < -0.39 is 29.4 Å². The van der Waals surface area contributed by atoms with Gasteiger partial charge in [0, 0.05) is 40.7 Å². The van der Waals surface area contributed by atoms with Gasteiger partial charge in [-0.3, -0.25) is 9.59 Å². The van der Waals surface area contributed by atoms with Gasteiger partial charge in [-0.05, 0) is 60.1 Å². The van der Waals surface area contributed by atoms with E-state index in [1.165, 1.54) is 17.7 Å². The first-order chi connectivity index (χ1) is 19.0. The Labute approximate surface area is 242 Å². The van der Waals surface area contributed by atoms with Gasteiger partial charge in [-0.25, -0.2) is 8.78 Å². The number of amides is 1. The number of nitrogens with zero attached hydrogens (tertiary/aromatic N) is 1. The standard InChI is InChI=1S/C32H31ClF2N2O2S/c1-18(2)20-9-11-21(12-10-20)31(38)30-29(28-19(3)25(34)13-14-26(28)35)24(16-37(30)4)32(39)36-27(17-40-5)22-7-6-8-23(33)15-22/h6-16,18,27H,17H2,1-5H3,(H,36,39). The van der Waals surface area contributed by atoms with Crippen LogP contribution in [0.2, 0.25) is 5.02 Å². The number of rotatable bonds is 9. The number of hydrogen-bond acceptors (Lipinski definition) is 3. The largest absolute Gasteiger partial charge is 0.347 e. The van der Waals surface area contributed by atoms with Gasteiger partial charge in [0.15, 0.2) is 0 Å². The second-order valence-corrected chi connectivity index (χ2v) is 11.4. The molecule has 0 aliphatic heterocycles. The summed E-state index contributed by atoms with van der Waals surface area (Å²) < 4.78 is 31.7. The second kappa shape index (κ2) is 12.4. The minimum absolute atomic E-state index is 0.0139. The summed E-state index contributed by atoms with van der Waals surface area (Å²) in [7, 11) is 1.62. The van der Waals surface area contributed by atoms with E-state index in [0.717, 1.165) is 23.3 Å². The van der Waals surface area contributed by atoms with E-state index in [-0.39, 0.29) is 33.9 Å². The normalized spacial score (nSPS) is 12.0. The Hall–Kier alpha value is -3.42. The number of aromatic nitrogens is 1. The summed E-state index contributed by atoms with van der Waals surface area (Å²) in [5.41, 5.74) is 2.38. The summed E-state index contributed by atoms with van der Waals surface area (Å²) in [6, 6.07) is 16.0. The SMILES string of the molecule is CSCC(NC(=O)c1cn(C)c(C(=O)c2ccc(C(C)C)cc2)c1-c1c(F)ccc(F)c1C)c1cccc(Cl)c1. The maximum absolute atomic E-state index is 15.4. The predicted molar refractivity (Wildman–Crippen MR) is 160 cm³/mol. The molecule has 40 heavy (non-hydrogen) atoms. The molecule has 1 aromatic heterocycles. The molecule has 0 aliphatic carbocycles. The van der Waals surface area contributed by atoms with Crippen molar-refractivity contribution in [3.8, 4) is 11.1 Å². The van der Waals surface area contributed by atoms with Gasteiger partial charge in [0.2, 0.25) is 5.78 Å². The number of hydrogen-bond donors (Lipinski definition) is 1. The highest BCUT2D eigenvalue weighted by atomic mass is 35.5. The number of thioether (sulfide) groups is 1. The molecule has 1 heterocycles. The third kappa shape index (κ3) is 6.01. The van der Waals surface area contributed by atoms with Gasteiger partial charge in [-0.1, -0.05) is 61.8 Å². The molecule has 1 amide bonds. The van der Waals surface area contributed by atoms with E-state index in [1.807, 2.05) is 24.5 Å². The minimum Gasteiger partial charge on any atom is -0.347 e. The maximum Gasteiger partial charge on any atom is 0.253 e. The molecule has 8 heteroatoms. The molecule has 0 aliphatic rings. The first kappa shape index (κ1) is 29.6. The van der Waals surface area contributed by atoms with Crippen LogP contribution in [-0.4, -0.2) is 28.3 Å². The summed E-state index contributed by atoms with van der Waals surface area (Å²) in [6.45, 7) is 5.55. The molecule has 4 aromatic rings. The van der Waals surface area contributed by atoms with Crippen LogP contribution in [0.3, 0.4) is 0 Å². The zero-order valence-corrected chi connectivity index (χ0v) is 24.6. The van der Waals surface area contributed by atoms with Crippen molar-refractivity contribution in [1.29, 1.82) is 0 Å². The molecule has 0 radical (unpaired) electrons. The maximum atomic E-state index is 15.4. The molecule has 4 rings (SSSR count). The fraction of sp³-hybridized carbons (Fsp3) is 0.250. The number of benzene rings is 3. The van der Waals surface area contributed by atoms with Crippen molar-refractivity contribution in [1.82, 2.24) is 9.88 Å². The number of carbonyl (C=O) groups excluding carboxylic acids is 2. The fourth-order valence-corrected chi connectivity index (χ4v) is 5.60. The monoisotopic (exact) mass is 580 g/mol. The van der Waals surface area contributed by atoms with Crippen LogP contribution in [-0.2, 0) is 7.05 Å². The van der Waals surface area contributed by atoms with Crippen LogP contribution >= 0.6 is 23.4 Å². The molecule has 3 aromatic carbocycles. The van der Waals surface area contributed by atoms with Crippen molar-refractivity contribution in [3.63, 3.8) is 0 Å². The quantitative estimate of drug-likeness (QED) is 0.203. The first-order valence-corrected chi connectivity index (χ1v) is 14.6. The zero-order chi connectivity index (χ0) is 29.1. The number of carbonyl (C=O) groups is 2. The molecule has 1 atom stereocenters. The van der Waals surface area contributed by atoms with Crippen LogP contribution in [0, 0.1) is 18.6 Å². The van der Waals surface area contributed by atoms with Gasteiger partial charge in [-0.2, -0.15) is 11.8 Å². The van der Waals surface area contributed by atoms with Crippen molar-refractivity contribution in [3.05, 3.63) is 117 Å². The van der Waals surface area contributed by atoms with Crippen molar-refractivity contribution in [2.24, 2.45) is 7.05 Å². The third-order valence-corrected chi connectivity index (χ3v) is 7.87. The molecular weight excluding hydrogens is 550 g/mol. The van der Waals surface area contributed by atoms with Gasteiger partial charge in [-0.15, -0.1) is 0 Å². The zero-order valence-electron chi connectivity index (χ0n) is 23.0. The average Bonchev–Trinajstić information content (AvgIpc) is 3.27. The number of ketones is 1. The lowest BCUT2D eigenvalue weighted by atomic mass is 9.92. The highest BCUT2D eigenvalue weighted by Crippen LogP contribution is 2.37. The van der Waals surface area contributed by atoms with E-state index in [2.05, 4.69) is 19.2 Å². The van der Waals surface area contributed by atoms with Crippen molar-refractivity contribution < 1.29 is 18.4 Å². The Balaban J connectivity index is 1.87. The molecule has 0 bridgehead atoms. The minimum atomic E-state index is -0.723.